The van der Waals surface area contributed by atoms with Crippen LogP contribution in [0.1, 0.15) is 50.9 Å². The Labute approximate surface area is 216 Å². The van der Waals surface area contributed by atoms with Crippen molar-refractivity contribution >= 4 is 37.4 Å². The molecule has 12 heteroatoms. The van der Waals surface area contributed by atoms with Crippen LogP contribution in [0.3, 0.4) is 0 Å². The van der Waals surface area contributed by atoms with Crippen LogP contribution in [0.4, 0.5) is 5.69 Å². The van der Waals surface area contributed by atoms with Crippen LogP contribution in [-0.4, -0.2) is 58.7 Å². The van der Waals surface area contributed by atoms with E-state index in [1.165, 1.54) is 24.5 Å². The van der Waals surface area contributed by atoms with Gasteiger partial charge in [-0.25, -0.2) is 8.42 Å². The molecule has 0 aliphatic heterocycles. The molecule has 1 heterocycles. The molecule has 0 unspecified atom stereocenters. The van der Waals surface area contributed by atoms with Gasteiger partial charge in [-0.05, 0) is 56.9 Å². The lowest BCUT2D eigenvalue weighted by atomic mass is 10.1. The zero-order valence-corrected chi connectivity index (χ0v) is 22.8. The lowest BCUT2D eigenvalue weighted by molar-refractivity contribution is -0.118. The number of nitrogens with zero attached hydrogens (tertiary/aromatic N) is 3. The smallest absolute Gasteiger partial charge is 0.312 e. The second-order valence-corrected chi connectivity index (χ2v) is 12.8. The Kier molecular flexibility index (Phi) is 11.3. The molecule has 1 aliphatic carbocycles. The number of sulfone groups is 1. The van der Waals surface area contributed by atoms with Gasteiger partial charge < -0.3 is 13.9 Å². The summed E-state index contributed by atoms with van der Waals surface area (Å²) in [7, 11) is -6.61. The Morgan fingerprint density at radius 3 is 2.08 bits per heavy atom. The summed E-state index contributed by atoms with van der Waals surface area (Å²) in [6.07, 6.45) is 8.66. The van der Waals surface area contributed by atoms with E-state index in [2.05, 4.69) is 9.97 Å². The Balaban J connectivity index is 0.00000456. The summed E-state index contributed by atoms with van der Waals surface area (Å²) >= 11 is 0. The molecule has 9 nitrogen and oxygen atoms in total. The number of rotatable bonds is 12. The number of anilines is 1. The van der Waals surface area contributed by atoms with Crippen molar-refractivity contribution in [2.24, 2.45) is 5.92 Å². The third-order valence-electron chi connectivity index (χ3n) is 5.89. The van der Waals surface area contributed by atoms with E-state index in [-0.39, 0.29) is 45.0 Å². The first kappa shape index (κ1) is 30.2. The topological polar surface area (TPSA) is 116 Å². The minimum Gasteiger partial charge on any atom is -0.312 e. The van der Waals surface area contributed by atoms with E-state index in [1.54, 1.807) is 30.9 Å². The fourth-order valence-corrected chi connectivity index (χ4v) is 6.44. The number of carbonyl (C=O) groups excluding carboxylic acids is 1. The van der Waals surface area contributed by atoms with Crippen molar-refractivity contribution in [1.29, 1.82) is 0 Å². The first-order valence-corrected chi connectivity index (χ1v) is 15.5. The summed E-state index contributed by atoms with van der Waals surface area (Å²) in [5.41, 5.74) is 1.62. The van der Waals surface area contributed by atoms with E-state index in [4.69, 9.17) is 9.05 Å². The molecule has 0 saturated heterocycles. The molecule has 3 rings (SSSR count). The van der Waals surface area contributed by atoms with Crippen molar-refractivity contribution in [3.05, 3.63) is 48.0 Å². The fraction of sp³-hybridized carbons (Fsp3) is 0.542. The Morgan fingerprint density at radius 1 is 1.03 bits per heavy atom. The molecular weight excluding hydrogens is 500 g/mol. The van der Waals surface area contributed by atoms with Crippen LogP contribution in [0.15, 0.2) is 41.6 Å². The highest BCUT2D eigenvalue weighted by Crippen LogP contribution is 2.50. The molecule has 0 bridgehead atoms. The van der Waals surface area contributed by atoms with Gasteiger partial charge in [-0.15, -0.1) is 0 Å². The monoisotopic (exact) mass is 534 g/mol. The lowest BCUT2D eigenvalue weighted by Gasteiger charge is -2.26. The van der Waals surface area contributed by atoms with Crippen molar-refractivity contribution in [1.82, 2.24) is 9.97 Å². The molecule has 195 valence electrons. The van der Waals surface area contributed by atoms with E-state index >= 15 is 0 Å². The van der Waals surface area contributed by atoms with Crippen molar-refractivity contribution in [2.75, 3.05) is 30.9 Å². The van der Waals surface area contributed by atoms with Crippen molar-refractivity contribution in [2.45, 2.75) is 57.0 Å². The van der Waals surface area contributed by atoms with Crippen molar-refractivity contribution in [3.8, 4) is 0 Å². The number of aromatic nitrogens is 2. The van der Waals surface area contributed by atoms with Gasteiger partial charge in [0.15, 0.2) is 9.84 Å². The number of hydrogen-bond acceptors (Lipinski definition) is 8. The highest BCUT2D eigenvalue weighted by molar-refractivity contribution is 7.90. The molecule has 1 aliphatic rings. The number of carbonyl (C=O) groups is 1. The van der Waals surface area contributed by atoms with Crippen LogP contribution in [-0.2, 0) is 40.8 Å². The van der Waals surface area contributed by atoms with E-state index in [0.717, 1.165) is 31.9 Å². The number of hydrogen-bond donors (Lipinski definition) is 0. The maximum Gasteiger partial charge on any atom is 0.336 e. The normalized spacial score (nSPS) is 14.4. The third kappa shape index (κ3) is 8.51. The molecule has 2 aromatic rings. The predicted octanol–water partition coefficient (Wildman–Crippen LogP) is 4.03. The van der Waals surface area contributed by atoms with Gasteiger partial charge in [-0.1, -0.05) is 12.8 Å². The van der Waals surface area contributed by atoms with Gasteiger partial charge >= 0.3 is 7.60 Å². The standard InChI is InChI=1S/C24H34N3O6PS.B/c1-4-32-34(29,33-5-2)18-21-16-25-20(15-26-21)14-24(28)27(17-19-8-6-7-9-19)22-10-12-23(13-11-22)35(3,30)31;/h10-13,15-16,19H,4-9,14,17-18H2,1-3H3;. The van der Waals surface area contributed by atoms with Crippen LogP contribution < -0.4 is 4.90 Å². The van der Waals surface area contributed by atoms with Gasteiger partial charge in [-0.3, -0.25) is 19.3 Å². The Bertz CT molecular complexity index is 1130. The maximum atomic E-state index is 13.3. The second-order valence-electron chi connectivity index (χ2n) is 8.70. The first-order valence-electron chi connectivity index (χ1n) is 11.9. The Morgan fingerprint density at radius 2 is 1.58 bits per heavy atom. The number of amides is 1. The van der Waals surface area contributed by atoms with Gasteiger partial charge in [0.2, 0.25) is 5.91 Å². The van der Waals surface area contributed by atoms with Gasteiger partial charge in [0.25, 0.3) is 0 Å². The highest BCUT2D eigenvalue weighted by atomic mass is 32.2. The Hall–Kier alpha value is -2.07. The summed E-state index contributed by atoms with van der Waals surface area (Å²) < 4.78 is 47.0. The van der Waals surface area contributed by atoms with E-state index in [9.17, 15) is 17.8 Å². The first-order chi connectivity index (χ1) is 16.6. The third-order valence-corrected chi connectivity index (χ3v) is 9.03. The highest BCUT2D eigenvalue weighted by Gasteiger charge is 2.26. The quantitative estimate of drug-likeness (QED) is 0.296. The lowest BCUT2D eigenvalue weighted by Crippen LogP contribution is -2.36. The van der Waals surface area contributed by atoms with E-state index in [1.807, 2.05) is 0 Å². The molecule has 0 N–H and O–H groups in total. The zero-order valence-electron chi connectivity index (χ0n) is 21.1. The van der Waals surface area contributed by atoms with Crippen LogP contribution in [0, 0.1) is 5.92 Å². The molecule has 0 spiro atoms. The summed E-state index contributed by atoms with van der Waals surface area (Å²) in [5, 5.41) is 0. The second kappa shape index (κ2) is 13.5. The average molecular weight is 534 g/mol. The van der Waals surface area contributed by atoms with E-state index in [0.29, 0.717) is 29.5 Å². The average Bonchev–Trinajstić information content (AvgIpc) is 3.32. The van der Waals surface area contributed by atoms with Crippen LogP contribution in [0.5, 0.6) is 0 Å². The summed E-state index contributed by atoms with van der Waals surface area (Å²) in [5.74, 6) is 0.272. The number of benzene rings is 1. The summed E-state index contributed by atoms with van der Waals surface area (Å²) in [4.78, 5) is 23.9. The predicted molar refractivity (Wildman–Crippen MR) is 140 cm³/mol. The minimum absolute atomic E-state index is 0. The van der Waals surface area contributed by atoms with Gasteiger partial charge in [0.05, 0.1) is 42.1 Å². The molecule has 1 fully saturated rings. The zero-order chi connectivity index (χ0) is 25.5. The van der Waals surface area contributed by atoms with Gasteiger partial charge in [0, 0.05) is 39.3 Å². The molecule has 1 saturated carbocycles. The minimum atomic E-state index is -3.32. The molecular formula is C24H34BN3O6PS. The fourth-order valence-electron chi connectivity index (χ4n) is 4.20. The molecule has 3 radical (unpaired) electrons. The summed E-state index contributed by atoms with van der Waals surface area (Å²) in [6, 6.07) is 6.42. The maximum absolute atomic E-state index is 13.3. The molecule has 1 aromatic heterocycles. The SMILES string of the molecule is CCOP(=O)(Cc1cnc(CC(=O)N(CC2CCCC2)c2ccc(S(C)(=O)=O)cc2)cn1)OCC.[B]. The van der Waals surface area contributed by atoms with Crippen LogP contribution in [0.2, 0.25) is 0 Å². The largest absolute Gasteiger partial charge is 0.336 e. The molecule has 36 heavy (non-hydrogen) atoms. The molecule has 1 amide bonds. The van der Waals surface area contributed by atoms with Crippen molar-refractivity contribution < 1.29 is 26.8 Å². The van der Waals surface area contributed by atoms with Gasteiger partial charge in [0.1, 0.15) is 0 Å². The van der Waals surface area contributed by atoms with E-state index < -0.39 is 17.4 Å². The van der Waals surface area contributed by atoms with Crippen LogP contribution >= 0.6 is 7.60 Å². The summed E-state index contributed by atoms with van der Waals surface area (Å²) in [6.45, 7) is 4.60. The van der Waals surface area contributed by atoms with Gasteiger partial charge in [-0.2, -0.15) is 0 Å². The molecule has 1 aromatic carbocycles. The molecule has 0 atom stereocenters. The van der Waals surface area contributed by atoms with Crippen molar-refractivity contribution in [3.63, 3.8) is 0 Å². The van der Waals surface area contributed by atoms with Crippen LogP contribution in [0.25, 0.3) is 0 Å².